The third-order valence-corrected chi connectivity index (χ3v) is 3.00. The van der Waals surface area contributed by atoms with Gasteiger partial charge in [-0.25, -0.2) is 0 Å². The van der Waals surface area contributed by atoms with Gasteiger partial charge in [-0.3, -0.25) is 4.79 Å². The molecule has 0 aromatic heterocycles. The van der Waals surface area contributed by atoms with Crippen LogP contribution in [0.3, 0.4) is 0 Å². The summed E-state index contributed by atoms with van der Waals surface area (Å²) in [6.45, 7) is 5.32. The average molecular weight is 228 g/mol. The zero-order valence-corrected chi connectivity index (χ0v) is 9.91. The lowest BCUT2D eigenvalue weighted by molar-refractivity contribution is -0.124. The molecule has 1 rings (SSSR count). The van der Waals surface area contributed by atoms with E-state index in [0.29, 0.717) is 19.8 Å². The largest absolute Gasteiger partial charge is 0.494 e. The van der Waals surface area contributed by atoms with Crippen LogP contribution in [0.15, 0.2) is 12.0 Å². The Morgan fingerprint density at radius 3 is 2.62 bits per heavy atom. The highest BCUT2D eigenvalue weighted by Gasteiger charge is 2.28. The zero-order valence-electron chi connectivity index (χ0n) is 9.91. The van der Waals surface area contributed by atoms with Crippen molar-refractivity contribution in [3.8, 4) is 0 Å². The maximum atomic E-state index is 11.9. The van der Waals surface area contributed by atoms with Crippen LogP contribution in [0.25, 0.3) is 0 Å². The van der Waals surface area contributed by atoms with E-state index in [0.717, 1.165) is 12.8 Å². The second-order valence-corrected chi connectivity index (χ2v) is 3.85. The first kappa shape index (κ1) is 12.8. The molecule has 0 radical (unpaired) electrons. The van der Waals surface area contributed by atoms with Gasteiger partial charge in [0, 0.05) is 6.54 Å². The molecule has 0 bridgehead atoms. The summed E-state index contributed by atoms with van der Waals surface area (Å²) in [5.41, 5.74) is 5.35. The molecule has 0 atom stereocenters. The minimum Gasteiger partial charge on any atom is -0.494 e. The quantitative estimate of drug-likeness (QED) is 0.719. The minimum absolute atomic E-state index is 0.228. The lowest BCUT2D eigenvalue weighted by atomic mass is 9.93. The van der Waals surface area contributed by atoms with Gasteiger partial charge in [0.15, 0.2) is 0 Å². The highest BCUT2D eigenvalue weighted by Crippen LogP contribution is 2.15. The zero-order chi connectivity index (χ0) is 12.0. The predicted molar refractivity (Wildman–Crippen MR) is 60.5 cm³/mol. The van der Waals surface area contributed by atoms with Gasteiger partial charge in [-0.05, 0) is 12.8 Å². The maximum Gasteiger partial charge on any atom is 0.290 e. The molecule has 0 unspecified atom stereocenters. The van der Waals surface area contributed by atoms with Gasteiger partial charge in [-0.2, -0.15) is 0 Å². The van der Waals surface area contributed by atoms with Crippen LogP contribution in [0.1, 0.15) is 26.7 Å². The molecular formula is C11H20N2O3. The Morgan fingerprint density at radius 1 is 1.50 bits per heavy atom. The lowest BCUT2D eigenvalue weighted by Gasteiger charge is -2.31. The van der Waals surface area contributed by atoms with E-state index < -0.39 is 0 Å². The van der Waals surface area contributed by atoms with Crippen molar-refractivity contribution in [2.45, 2.75) is 32.2 Å². The summed E-state index contributed by atoms with van der Waals surface area (Å²) in [4.78, 5) is 11.9. The van der Waals surface area contributed by atoms with Crippen molar-refractivity contribution < 1.29 is 14.3 Å². The average Bonchev–Trinajstić information content (AvgIpc) is 2.37. The van der Waals surface area contributed by atoms with Gasteiger partial charge < -0.3 is 20.5 Å². The van der Waals surface area contributed by atoms with Crippen molar-refractivity contribution in [1.29, 1.82) is 0 Å². The summed E-state index contributed by atoms with van der Waals surface area (Å²) in [6.07, 6.45) is 2.94. The van der Waals surface area contributed by atoms with Crippen LogP contribution in [0.5, 0.6) is 0 Å². The summed E-state index contributed by atoms with van der Waals surface area (Å²) in [5, 5.41) is 2.91. The molecule has 0 saturated carbocycles. The minimum atomic E-state index is -0.348. The molecule has 0 fully saturated rings. The maximum absolute atomic E-state index is 11.9. The number of carbonyl (C=O) groups is 1. The third kappa shape index (κ3) is 2.88. The number of nitrogens with two attached hydrogens (primary N) is 1. The van der Waals surface area contributed by atoms with Crippen molar-refractivity contribution in [3.63, 3.8) is 0 Å². The van der Waals surface area contributed by atoms with Crippen LogP contribution < -0.4 is 11.1 Å². The van der Waals surface area contributed by atoms with Gasteiger partial charge in [0.2, 0.25) is 5.76 Å². The van der Waals surface area contributed by atoms with E-state index in [1.165, 1.54) is 6.26 Å². The summed E-state index contributed by atoms with van der Waals surface area (Å²) in [6, 6.07) is 0. The van der Waals surface area contributed by atoms with Crippen molar-refractivity contribution in [2.75, 3.05) is 19.8 Å². The van der Waals surface area contributed by atoms with Crippen LogP contribution in [-0.2, 0) is 14.3 Å². The number of amides is 1. The summed E-state index contributed by atoms with van der Waals surface area (Å²) < 4.78 is 10.2. The van der Waals surface area contributed by atoms with Crippen molar-refractivity contribution in [1.82, 2.24) is 5.32 Å². The standard InChI is InChI=1S/C11H20N2O3/c1-3-11(4-2,8-12)13-10(14)9-7-15-5-6-16-9/h7H,3-6,8,12H2,1-2H3,(H,13,14). The highest BCUT2D eigenvalue weighted by atomic mass is 16.6. The first-order valence-corrected chi connectivity index (χ1v) is 5.64. The van der Waals surface area contributed by atoms with Crippen molar-refractivity contribution in [3.05, 3.63) is 12.0 Å². The summed E-state index contributed by atoms with van der Waals surface area (Å²) in [7, 11) is 0. The van der Waals surface area contributed by atoms with E-state index in [1.54, 1.807) is 0 Å². The van der Waals surface area contributed by atoms with Crippen LogP contribution in [0.2, 0.25) is 0 Å². The molecule has 1 aliphatic heterocycles. The van der Waals surface area contributed by atoms with Crippen LogP contribution in [-0.4, -0.2) is 31.2 Å². The number of rotatable bonds is 5. The van der Waals surface area contributed by atoms with Gasteiger partial charge in [0.1, 0.15) is 19.5 Å². The molecule has 5 nitrogen and oxygen atoms in total. The first-order valence-electron chi connectivity index (χ1n) is 5.64. The number of hydrogen-bond donors (Lipinski definition) is 2. The van der Waals surface area contributed by atoms with Crippen molar-refractivity contribution >= 4 is 5.91 Å². The molecule has 0 saturated heterocycles. The Balaban J connectivity index is 2.64. The van der Waals surface area contributed by atoms with Gasteiger partial charge in [0.05, 0.1) is 5.54 Å². The van der Waals surface area contributed by atoms with E-state index in [1.807, 2.05) is 13.8 Å². The van der Waals surface area contributed by atoms with E-state index in [4.69, 9.17) is 15.2 Å². The van der Waals surface area contributed by atoms with E-state index >= 15 is 0 Å². The predicted octanol–water partition coefficient (Wildman–Crippen LogP) is 0.508. The smallest absolute Gasteiger partial charge is 0.290 e. The molecule has 0 aliphatic carbocycles. The summed E-state index contributed by atoms with van der Waals surface area (Å²) in [5.74, 6) is -0.0279. The van der Waals surface area contributed by atoms with Crippen molar-refractivity contribution in [2.24, 2.45) is 5.73 Å². The number of ether oxygens (including phenoxy) is 2. The molecule has 5 heteroatoms. The van der Waals surface area contributed by atoms with Crippen LogP contribution in [0, 0.1) is 0 Å². The van der Waals surface area contributed by atoms with Gasteiger partial charge in [-0.1, -0.05) is 13.8 Å². The Labute approximate surface area is 96.0 Å². The van der Waals surface area contributed by atoms with E-state index in [2.05, 4.69) is 5.32 Å². The Hall–Kier alpha value is -1.23. The molecule has 0 aromatic carbocycles. The molecule has 3 N–H and O–H groups in total. The monoisotopic (exact) mass is 228 g/mol. The molecule has 1 heterocycles. The lowest BCUT2D eigenvalue weighted by Crippen LogP contribution is -2.53. The second kappa shape index (κ2) is 5.75. The fourth-order valence-corrected chi connectivity index (χ4v) is 1.56. The van der Waals surface area contributed by atoms with Gasteiger partial charge >= 0.3 is 0 Å². The fraction of sp³-hybridized carbons (Fsp3) is 0.727. The van der Waals surface area contributed by atoms with Gasteiger partial charge in [-0.15, -0.1) is 0 Å². The highest BCUT2D eigenvalue weighted by molar-refractivity contribution is 5.91. The molecular weight excluding hydrogens is 208 g/mol. The summed E-state index contributed by atoms with van der Waals surface area (Å²) >= 11 is 0. The molecule has 1 aliphatic rings. The first-order chi connectivity index (χ1) is 7.67. The Bertz CT molecular complexity index is 264. The topological polar surface area (TPSA) is 73.6 Å². The molecule has 0 aromatic rings. The number of hydrogen-bond acceptors (Lipinski definition) is 4. The van der Waals surface area contributed by atoms with Crippen LogP contribution in [0.4, 0.5) is 0 Å². The van der Waals surface area contributed by atoms with Gasteiger partial charge in [0.25, 0.3) is 5.91 Å². The molecule has 92 valence electrons. The second-order valence-electron chi connectivity index (χ2n) is 3.85. The number of carbonyl (C=O) groups excluding carboxylic acids is 1. The molecule has 1 amide bonds. The van der Waals surface area contributed by atoms with E-state index in [9.17, 15) is 4.79 Å². The van der Waals surface area contributed by atoms with E-state index in [-0.39, 0.29) is 17.2 Å². The SMILES string of the molecule is CCC(CC)(CN)NC(=O)C1=COCCO1. The fourth-order valence-electron chi connectivity index (χ4n) is 1.56. The Morgan fingerprint density at radius 2 is 2.19 bits per heavy atom. The normalized spacial score (nSPS) is 15.8. The molecule has 0 spiro atoms. The number of nitrogens with one attached hydrogen (secondary N) is 1. The Kier molecular flexibility index (Phi) is 4.61. The van der Waals surface area contributed by atoms with Crippen LogP contribution >= 0.6 is 0 Å². The third-order valence-electron chi connectivity index (χ3n) is 3.00. The molecule has 16 heavy (non-hydrogen) atoms.